The lowest BCUT2D eigenvalue weighted by Crippen LogP contribution is -2.42. The fourth-order valence-corrected chi connectivity index (χ4v) is 2.20. The highest BCUT2D eigenvalue weighted by Gasteiger charge is 2.24. The fourth-order valence-electron chi connectivity index (χ4n) is 2.20. The predicted octanol–water partition coefficient (Wildman–Crippen LogP) is 3.12. The molecule has 0 aromatic heterocycles. The minimum atomic E-state index is 0.571. The number of likely N-dealkylation sites (tertiary alicyclic amines) is 1. The van der Waals surface area contributed by atoms with Crippen LogP contribution < -0.4 is 0 Å². The van der Waals surface area contributed by atoms with Crippen molar-refractivity contribution in [2.75, 3.05) is 13.6 Å². The molecule has 1 heterocycles. The van der Waals surface area contributed by atoms with Crippen LogP contribution in [0.1, 0.15) is 20.3 Å². The smallest absolute Gasteiger partial charge is 0.0629 e. The van der Waals surface area contributed by atoms with Gasteiger partial charge in [-0.3, -0.25) is 4.99 Å². The molecule has 1 saturated heterocycles. The minimum Gasteiger partial charge on any atom is -0.303 e. The van der Waals surface area contributed by atoms with Crippen molar-refractivity contribution in [3.8, 4) is 0 Å². The number of hydrogen-bond acceptors (Lipinski definition) is 2. The number of aliphatic imine (C=N–C) groups is 1. The molecule has 1 aromatic carbocycles. The number of piperidine rings is 1. The van der Waals surface area contributed by atoms with Crippen molar-refractivity contribution in [1.29, 1.82) is 0 Å². The van der Waals surface area contributed by atoms with Crippen LogP contribution in [0.15, 0.2) is 35.3 Å². The van der Waals surface area contributed by atoms with Crippen LogP contribution in [0.3, 0.4) is 0 Å². The molecule has 0 radical (unpaired) electrons. The zero-order chi connectivity index (χ0) is 11.5. The van der Waals surface area contributed by atoms with Crippen LogP contribution in [-0.2, 0) is 0 Å². The summed E-state index contributed by atoms with van der Waals surface area (Å²) in [4.78, 5) is 7.19. The maximum atomic E-state index is 4.77. The van der Waals surface area contributed by atoms with Crippen LogP contribution in [0.5, 0.6) is 0 Å². The van der Waals surface area contributed by atoms with Crippen LogP contribution >= 0.6 is 0 Å². The number of nitrogens with zero attached hydrogens (tertiary/aromatic N) is 2. The SMILES string of the molecule is CC1CN(C)C(C)CC1=Nc1ccccc1. The summed E-state index contributed by atoms with van der Waals surface area (Å²) >= 11 is 0. The van der Waals surface area contributed by atoms with Gasteiger partial charge in [0.15, 0.2) is 0 Å². The minimum absolute atomic E-state index is 0.571. The molecule has 86 valence electrons. The van der Waals surface area contributed by atoms with Crippen molar-refractivity contribution >= 4 is 11.4 Å². The Labute approximate surface area is 98.0 Å². The highest BCUT2D eigenvalue weighted by atomic mass is 15.1. The Bertz CT molecular complexity index is 370. The highest BCUT2D eigenvalue weighted by Crippen LogP contribution is 2.21. The third-order valence-corrected chi connectivity index (χ3v) is 3.42. The molecule has 0 N–H and O–H groups in total. The number of rotatable bonds is 1. The molecule has 2 unspecified atom stereocenters. The molecule has 2 rings (SSSR count). The molecule has 1 aliphatic heterocycles. The molecular formula is C14H20N2. The summed E-state index contributed by atoms with van der Waals surface area (Å²) < 4.78 is 0. The predicted molar refractivity (Wildman–Crippen MR) is 69.4 cm³/mol. The summed E-state index contributed by atoms with van der Waals surface area (Å²) in [6, 6.07) is 10.9. The van der Waals surface area contributed by atoms with E-state index in [0.717, 1.165) is 18.7 Å². The molecule has 0 bridgehead atoms. The van der Waals surface area contributed by atoms with E-state index in [2.05, 4.69) is 37.9 Å². The molecule has 0 amide bonds. The van der Waals surface area contributed by atoms with Gasteiger partial charge in [-0.15, -0.1) is 0 Å². The highest BCUT2D eigenvalue weighted by molar-refractivity contribution is 5.90. The number of para-hydroxylation sites is 1. The van der Waals surface area contributed by atoms with Gasteiger partial charge in [-0.2, -0.15) is 0 Å². The maximum Gasteiger partial charge on any atom is 0.0629 e. The first-order chi connectivity index (χ1) is 7.66. The summed E-state index contributed by atoms with van der Waals surface area (Å²) in [5.74, 6) is 0.571. The standard InChI is InChI=1S/C14H20N2/c1-11-10-16(3)12(2)9-14(11)15-13-7-5-4-6-8-13/h4-8,11-12H,9-10H2,1-3H3. The van der Waals surface area contributed by atoms with Gasteiger partial charge in [0.1, 0.15) is 0 Å². The molecular weight excluding hydrogens is 196 g/mol. The van der Waals surface area contributed by atoms with E-state index in [-0.39, 0.29) is 0 Å². The van der Waals surface area contributed by atoms with Gasteiger partial charge in [0, 0.05) is 30.6 Å². The van der Waals surface area contributed by atoms with E-state index in [9.17, 15) is 0 Å². The Balaban J connectivity index is 2.18. The Morgan fingerprint density at radius 1 is 1.19 bits per heavy atom. The van der Waals surface area contributed by atoms with Gasteiger partial charge in [0.2, 0.25) is 0 Å². The van der Waals surface area contributed by atoms with Crippen molar-refractivity contribution < 1.29 is 0 Å². The zero-order valence-corrected chi connectivity index (χ0v) is 10.4. The van der Waals surface area contributed by atoms with Gasteiger partial charge in [-0.25, -0.2) is 0 Å². The molecule has 0 aliphatic carbocycles. The van der Waals surface area contributed by atoms with E-state index in [1.807, 2.05) is 18.2 Å². The molecule has 2 atom stereocenters. The van der Waals surface area contributed by atoms with E-state index in [1.165, 1.54) is 5.71 Å². The van der Waals surface area contributed by atoms with E-state index >= 15 is 0 Å². The number of hydrogen-bond donors (Lipinski definition) is 0. The summed E-state index contributed by atoms with van der Waals surface area (Å²) in [5, 5.41) is 0. The summed E-state index contributed by atoms with van der Waals surface area (Å²) in [7, 11) is 2.19. The third-order valence-electron chi connectivity index (χ3n) is 3.42. The second-order valence-corrected chi connectivity index (χ2v) is 4.83. The van der Waals surface area contributed by atoms with Gasteiger partial charge in [0.25, 0.3) is 0 Å². The molecule has 0 saturated carbocycles. The lowest BCUT2D eigenvalue weighted by molar-refractivity contribution is 0.226. The Morgan fingerprint density at radius 3 is 2.56 bits per heavy atom. The largest absolute Gasteiger partial charge is 0.303 e. The third kappa shape index (κ3) is 2.50. The Hall–Kier alpha value is -1.15. The van der Waals surface area contributed by atoms with Crippen LogP contribution in [0.25, 0.3) is 0 Å². The van der Waals surface area contributed by atoms with E-state index in [1.54, 1.807) is 0 Å². The molecule has 1 fully saturated rings. The van der Waals surface area contributed by atoms with Gasteiger partial charge < -0.3 is 4.90 Å². The summed E-state index contributed by atoms with van der Waals surface area (Å²) in [5.41, 5.74) is 2.43. The first-order valence-corrected chi connectivity index (χ1v) is 5.99. The monoisotopic (exact) mass is 216 g/mol. The average molecular weight is 216 g/mol. The first-order valence-electron chi connectivity index (χ1n) is 5.99. The van der Waals surface area contributed by atoms with Gasteiger partial charge in [-0.1, -0.05) is 25.1 Å². The van der Waals surface area contributed by atoms with Crippen molar-refractivity contribution in [2.24, 2.45) is 10.9 Å². The van der Waals surface area contributed by atoms with Crippen LogP contribution in [0, 0.1) is 5.92 Å². The van der Waals surface area contributed by atoms with Gasteiger partial charge in [-0.05, 0) is 26.1 Å². The summed E-state index contributed by atoms with van der Waals surface area (Å²) in [6.07, 6.45) is 1.09. The first kappa shape index (κ1) is 11.3. The Kier molecular flexibility index (Phi) is 3.39. The average Bonchev–Trinajstić information content (AvgIpc) is 2.27. The van der Waals surface area contributed by atoms with Crippen molar-refractivity contribution in [3.05, 3.63) is 30.3 Å². The van der Waals surface area contributed by atoms with Crippen LogP contribution in [0.4, 0.5) is 5.69 Å². The van der Waals surface area contributed by atoms with Gasteiger partial charge >= 0.3 is 0 Å². The molecule has 1 aliphatic rings. The molecule has 16 heavy (non-hydrogen) atoms. The number of benzene rings is 1. The Morgan fingerprint density at radius 2 is 1.88 bits per heavy atom. The maximum absolute atomic E-state index is 4.77. The second-order valence-electron chi connectivity index (χ2n) is 4.83. The topological polar surface area (TPSA) is 15.6 Å². The van der Waals surface area contributed by atoms with E-state index < -0.39 is 0 Å². The van der Waals surface area contributed by atoms with E-state index in [4.69, 9.17) is 4.99 Å². The van der Waals surface area contributed by atoms with Crippen LogP contribution in [-0.4, -0.2) is 30.2 Å². The lowest BCUT2D eigenvalue weighted by Gasteiger charge is -2.34. The van der Waals surface area contributed by atoms with E-state index in [0.29, 0.717) is 12.0 Å². The molecule has 2 heteroatoms. The van der Waals surface area contributed by atoms with Crippen molar-refractivity contribution in [3.63, 3.8) is 0 Å². The van der Waals surface area contributed by atoms with Crippen LogP contribution in [0.2, 0.25) is 0 Å². The molecule has 2 nitrogen and oxygen atoms in total. The lowest BCUT2D eigenvalue weighted by atomic mass is 9.93. The molecule has 0 spiro atoms. The normalized spacial score (nSPS) is 29.6. The van der Waals surface area contributed by atoms with Gasteiger partial charge in [0.05, 0.1) is 5.69 Å². The molecule has 1 aromatic rings. The quantitative estimate of drug-likeness (QED) is 0.704. The fraction of sp³-hybridized carbons (Fsp3) is 0.500. The van der Waals surface area contributed by atoms with Crippen molar-refractivity contribution in [2.45, 2.75) is 26.3 Å². The summed E-state index contributed by atoms with van der Waals surface area (Å²) in [6.45, 7) is 5.66. The zero-order valence-electron chi connectivity index (χ0n) is 10.4. The second kappa shape index (κ2) is 4.79. The van der Waals surface area contributed by atoms with Crippen molar-refractivity contribution in [1.82, 2.24) is 4.90 Å².